The van der Waals surface area contributed by atoms with Crippen LogP contribution < -0.4 is 5.32 Å². The number of urea groups is 1. The van der Waals surface area contributed by atoms with Gasteiger partial charge in [0.15, 0.2) is 0 Å². The summed E-state index contributed by atoms with van der Waals surface area (Å²) in [6.07, 6.45) is 2.03. The lowest BCUT2D eigenvalue weighted by Gasteiger charge is -2.22. The molecule has 3 rings (SSSR count). The van der Waals surface area contributed by atoms with Crippen molar-refractivity contribution in [2.24, 2.45) is 0 Å². The summed E-state index contributed by atoms with van der Waals surface area (Å²) in [6, 6.07) is 14.9. The van der Waals surface area contributed by atoms with E-state index in [9.17, 15) is 4.79 Å². The number of nitrogens with zero attached hydrogens (tertiary/aromatic N) is 1. The minimum atomic E-state index is -0.00771. The van der Waals surface area contributed by atoms with Gasteiger partial charge in [0.25, 0.3) is 0 Å². The fourth-order valence-electron chi connectivity index (χ4n) is 3.32. The number of amides is 2. The Morgan fingerprint density at radius 3 is 2.78 bits per heavy atom. The predicted octanol–water partition coefficient (Wildman–Crippen LogP) is 4.13. The first-order valence-corrected chi connectivity index (χ1v) is 8.20. The van der Waals surface area contributed by atoms with Crippen LogP contribution in [0.4, 0.5) is 4.79 Å². The van der Waals surface area contributed by atoms with Gasteiger partial charge in [0.2, 0.25) is 0 Å². The van der Waals surface area contributed by atoms with Gasteiger partial charge >= 0.3 is 6.03 Å². The molecule has 23 heavy (non-hydrogen) atoms. The number of benzene rings is 2. The highest BCUT2D eigenvalue weighted by atomic mass is 16.2. The van der Waals surface area contributed by atoms with E-state index in [1.54, 1.807) is 4.90 Å². The normalized spacial score (nSPS) is 16.0. The molecule has 0 bridgehead atoms. The second-order valence-corrected chi connectivity index (χ2v) is 6.53. The quantitative estimate of drug-likeness (QED) is 0.908. The monoisotopic (exact) mass is 308 g/mol. The molecule has 2 amide bonds. The number of nitrogens with one attached hydrogen (secondary N) is 1. The molecule has 2 aromatic carbocycles. The van der Waals surface area contributed by atoms with Crippen molar-refractivity contribution in [3.63, 3.8) is 0 Å². The highest BCUT2D eigenvalue weighted by Crippen LogP contribution is 2.30. The summed E-state index contributed by atoms with van der Waals surface area (Å²) in [5.41, 5.74) is 6.30. The smallest absolute Gasteiger partial charge is 0.317 e. The predicted molar refractivity (Wildman–Crippen MR) is 93.4 cm³/mol. The van der Waals surface area contributed by atoms with Crippen LogP contribution in [0.1, 0.15) is 40.3 Å². The van der Waals surface area contributed by atoms with Gasteiger partial charge in [0.05, 0.1) is 6.04 Å². The average molecular weight is 308 g/mol. The molecule has 1 aliphatic carbocycles. The summed E-state index contributed by atoms with van der Waals surface area (Å²) >= 11 is 0. The van der Waals surface area contributed by atoms with Crippen LogP contribution in [0.5, 0.6) is 0 Å². The van der Waals surface area contributed by atoms with Crippen molar-refractivity contribution in [2.75, 3.05) is 7.05 Å². The molecule has 2 aromatic rings. The minimum absolute atomic E-state index is 0.00771. The number of carbonyl (C=O) groups is 1. The average Bonchev–Trinajstić information content (AvgIpc) is 2.93. The largest absolute Gasteiger partial charge is 0.331 e. The summed E-state index contributed by atoms with van der Waals surface area (Å²) in [6.45, 7) is 4.82. The molecule has 0 unspecified atom stereocenters. The summed E-state index contributed by atoms with van der Waals surface area (Å²) in [5, 5.41) is 3.17. The maximum atomic E-state index is 12.5. The highest BCUT2D eigenvalue weighted by Gasteiger charge is 2.24. The summed E-state index contributed by atoms with van der Waals surface area (Å²) in [5.74, 6) is 0. The van der Waals surface area contributed by atoms with Gasteiger partial charge in [-0.05, 0) is 48.9 Å². The van der Waals surface area contributed by atoms with Gasteiger partial charge in [0.1, 0.15) is 0 Å². The Morgan fingerprint density at radius 1 is 1.22 bits per heavy atom. The Hall–Kier alpha value is -2.29. The van der Waals surface area contributed by atoms with Gasteiger partial charge in [-0.3, -0.25) is 0 Å². The van der Waals surface area contributed by atoms with Gasteiger partial charge in [-0.2, -0.15) is 0 Å². The van der Waals surface area contributed by atoms with Gasteiger partial charge in [0, 0.05) is 13.6 Å². The summed E-state index contributed by atoms with van der Waals surface area (Å²) in [7, 11) is 1.86. The third-order valence-electron chi connectivity index (χ3n) is 4.68. The Kier molecular flexibility index (Phi) is 4.37. The number of hydrogen-bond donors (Lipinski definition) is 1. The minimum Gasteiger partial charge on any atom is -0.331 e. The van der Waals surface area contributed by atoms with E-state index >= 15 is 0 Å². The Morgan fingerprint density at radius 2 is 2.00 bits per heavy atom. The number of hydrogen-bond acceptors (Lipinski definition) is 1. The van der Waals surface area contributed by atoms with Crippen LogP contribution in [0.15, 0.2) is 42.5 Å². The molecule has 0 aliphatic heterocycles. The molecular weight excluding hydrogens is 284 g/mol. The molecule has 0 fully saturated rings. The van der Waals surface area contributed by atoms with Crippen LogP contribution in [-0.2, 0) is 13.0 Å². The summed E-state index contributed by atoms with van der Waals surface area (Å²) < 4.78 is 0. The lowest BCUT2D eigenvalue weighted by atomic mass is 10.1. The van der Waals surface area contributed by atoms with Crippen LogP contribution in [0.3, 0.4) is 0 Å². The molecule has 0 saturated carbocycles. The molecule has 0 heterocycles. The van der Waals surface area contributed by atoms with Crippen LogP contribution >= 0.6 is 0 Å². The number of fused-ring (bicyclic) bond motifs is 1. The number of aryl methyl sites for hydroxylation is 3. The number of carbonyl (C=O) groups excluding carboxylic acids is 1. The van der Waals surface area contributed by atoms with Crippen molar-refractivity contribution in [3.8, 4) is 0 Å². The molecule has 3 nitrogen and oxygen atoms in total. The van der Waals surface area contributed by atoms with Crippen molar-refractivity contribution in [1.82, 2.24) is 10.2 Å². The molecule has 1 atom stereocenters. The lowest BCUT2D eigenvalue weighted by Crippen LogP contribution is -2.38. The molecule has 0 aromatic heterocycles. The first-order valence-electron chi connectivity index (χ1n) is 8.20. The second kappa shape index (κ2) is 6.45. The van der Waals surface area contributed by atoms with E-state index in [2.05, 4.69) is 55.6 Å². The van der Waals surface area contributed by atoms with Gasteiger partial charge in [-0.1, -0.05) is 48.0 Å². The Labute approximate surface area is 138 Å². The molecule has 1 aliphatic rings. The van der Waals surface area contributed by atoms with E-state index < -0.39 is 0 Å². The second-order valence-electron chi connectivity index (χ2n) is 6.53. The maximum Gasteiger partial charge on any atom is 0.317 e. The number of rotatable bonds is 3. The van der Waals surface area contributed by atoms with Crippen molar-refractivity contribution < 1.29 is 4.79 Å². The van der Waals surface area contributed by atoms with E-state index in [1.807, 2.05) is 13.1 Å². The molecule has 3 heteroatoms. The Balaban J connectivity index is 1.64. The fourth-order valence-corrected chi connectivity index (χ4v) is 3.32. The topological polar surface area (TPSA) is 32.3 Å². The molecule has 0 saturated heterocycles. The SMILES string of the molecule is Cc1ccc(CN(C)C(=O)N[C@H]2CCc3ccccc32)c(C)c1. The van der Waals surface area contributed by atoms with Crippen molar-refractivity contribution >= 4 is 6.03 Å². The maximum absolute atomic E-state index is 12.5. The van der Waals surface area contributed by atoms with Crippen molar-refractivity contribution in [3.05, 3.63) is 70.3 Å². The van der Waals surface area contributed by atoms with E-state index in [1.165, 1.54) is 27.8 Å². The van der Waals surface area contributed by atoms with Crippen LogP contribution in [0.25, 0.3) is 0 Å². The lowest BCUT2D eigenvalue weighted by molar-refractivity contribution is 0.202. The summed E-state index contributed by atoms with van der Waals surface area (Å²) in [4.78, 5) is 14.3. The van der Waals surface area contributed by atoms with Crippen LogP contribution in [0, 0.1) is 13.8 Å². The van der Waals surface area contributed by atoms with E-state index in [0.29, 0.717) is 6.54 Å². The molecular formula is C20H24N2O. The molecule has 120 valence electrons. The van der Waals surface area contributed by atoms with E-state index in [4.69, 9.17) is 0 Å². The van der Waals surface area contributed by atoms with Crippen LogP contribution in [0.2, 0.25) is 0 Å². The molecule has 0 radical (unpaired) electrons. The van der Waals surface area contributed by atoms with Crippen molar-refractivity contribution in [2.45, 2.75) is 39.3 Å². The van der Waals surface area contributed by atoms with Crippen molar-refractivity contribution in [1.29, 1.82) is 0 Å². The first kappa shape index (κ1) is 15.6. The third kappa shape index (κ3) is 3.39. The van der Waals surface area contributed by atoms with E-state index in [-0.39, 0.29) is 12.1 Å². The Bertz CT molecular complexity index is 723. The zero-order valence-electron chi connectivity index (χ0n) is 14.1. The van der Waals surface area contributed by atoms with Gasteiger partial charge < -0.3 is 10.2 Å². The first-order chi connectivity index (χ1) is 11.0. The third-order valence-corrected chi connectivity index (χ3v) is 4.68. The van der Waals surface area contributed by atoms with Crippen LogP contribution in [-0.4, -0.2) is 18.0 Å². The van der Waals surface area contributed by atoms with E-state index in [0.717, 1.165) is 12.8 Å². The molecule has 0 spiro atoms. The fraction of sp³-hybridized carbons (Fsp3) is 0.350. The zero-order chi connectivity index (χ0) is 16.4. The van der Waals surface area contributed by atoms with Gasteiger partial charge in [-0.15, -0.1) is 0 Å². The zero-order valence-corrected chi connectivity index (χ0v) is 14.1. The molecule has 1 N–H and O–H groups in total. The standard InChI is InChI=1S/C20H24N2O/c1-14-8-9-17(15(2)12-14)13-22(3)20(23)21-19-11-10-16-6-4-5-7-18(16)19/h4-9,12,19H,10-11,13H2,1-3H3,(H,21,23)/t19-/m0/s1. The van der Waals surface area contributed by atoms with Gasteiger partial charge in [-0.25, -0.2) is 4.79 Å². The highest BCUT2D eigenvalue weighted by molar-refractivity contribution is 5.74.